The van der Waals surface area contributed by atoms with Gasteiger partial charge >= 0.3 is 0 Å². The molecule has 0 spiro atoms. The molecule has 2 aromatic carbocycles. The third-order valence-electron chi connectivity index (χ3n) is 5.09. The maximum absolute atomic E-state index is 13.1. The average Bonchev–Trinajstić information content (AvgIpc) is 3.08. The Labute approximate surface area is 187 Å². The van der Waals surface area contributed by atoms with E-state index in [0.29, 0.717) is 48.7 Å². The Morgan fingerprint density at radius 3 is 1.28 bits per heavy atom. The number of ether oxygens (including phenoxy) is 4. The number of hydrogen-bond acceptors (Lipinski definition) is 7. The van der Waals surface area contributed by atoms with E-state index in [-0.39, 0.29) is 17.3 Å². The van der Waals surface area contributed by atoms with Gasteiger partial charge in [0, 0.05) is 48.7 Å². The molecule has 2 aromatic rings. The third-order valence-corrected chi connectivity index (χ3v) is 5.09. The lowest BCUT2D eigenvalue weighted by molar-refractivity contribution is -0.107. The second-order valence-electron chi connectivity index (χ2n) is 7.06. The average molecular weight is 440 g/mol. The summed E-state index contributed by atoms with van der Waals surface area (Å²) in [6, 6.07) is 9.94. The number of rotatable bonds is 12. The standard InChI is InChI=1S/C25H28O7/c1-5-29-24(30-6-2)21(26)15-9-11-17-18-12-10-16(14-20(18)23(28)19(17)13-15)22(27)25(31-7-3)32-8-4/h9-14,24-25H,5-8H2,1-4H3. The Kier molecular flexibility index (Phi) is 8.04. The van der Waals surface area contributed by atoms with Gasteiger partial charge in [0.25, 0.3) is 0 Å². The molecular weight excluding hydrogens is 412 g/mol. The smallest absolute Gasteiger partial charge is 0.222 e. The van der Waals surface area contributed by atoms with Crippen molar-refractivity contribution >= 4 is 17.3 Å². The minimum atomic E-state index is -1.01. The van der Waals surface area contributed by atoms with Crippen molar-refractivity contribution < 1.29 is 33.3 Å². The molecule has 0 unspecified atom stereocenters. The summed E-state index contributed by atoms with van der Waals surface area (Å²) in [4.78, 5) is 38.8. The molecule has 0 aliphatic heterocycles. The molecule has 0 bridgehead atoms. The van der Waals surface area contributed by atoms with E-state index in [4.69, 9.17) is 18.9 Å². The van der Waals surface area contributed by atoms with Crippen LogP contribution in [-0.4, -0.2) is 56.4 Å². The van der Waals surface area contributed by atoms with Crippen LogP contribution in [0, 0.1) is 0 Å². The van der Waals surface area contributed by atoms with Crippen molar-refractivity contribution in [3.63, 3.8) is 0 Å². The van der Waals surface area contributed by atoms with E-state index in [2.05, 4.69) is 0 Å². The van der Waals surface area contributed by atoms with Gasteiger partial charge in [0.05, 0.1) is 0 Å². The molecule has 0 aromatic heterocycles. The van der Waals surface area contributed by atoms with Crippen LogP contribution in [0.2, 0.25) is 0 Å². The van der Waals surface area contributed by atoms with Crippen molar-refractivity contribution in [3.05, 3.63) is 58.7 Å². The van der Waals surface area contributed by atoms with E-state index in [1.165, 1.54) is 0 Å². The van der Waals surface area contributed by atoms with E-state index in [1.54, 1.807) is 64.1 Å². The summed E-state index contributed by atoms with van der Waals surface area (Å²) in [5.74, 6) is -0.923. The summed E-state index contributed by atoms with van der Waals surface area (Å²) >= 11 is 0. The van der Waals surface area contributed by atoms with Crippen LogP contribution >= 0.6 is 0 Å². The second-order valence-corrected chi connectivity index (χ2v) is 7.06. The lowest BCUT2D eigenvalue weighted by Crippen LogP contribution is -2.28. The zero-order chi connectivity index (χ0) is 23.3. The van der Waals surface area contributed by atoms with Crippen molar-refractivity contribution in [1.29, 1.82) is 0 Å². The van der Waals surface area contributed by atoms with E-state index in [9.17, 15) is 14.4 Å². The molecular formula is C25H28O7. The summed E-state index contributed by atoms with van der Waals surface area (Å²) < 4.78 is 21.6. The first-order valence-corrected chi connectivity index (χ1v) is 10.8. The molecule has 1 aliphatic carbocycles. The Balaban J connectivity index is 1.91. The van der Waals surface area contributed by atoms with E-state index < -0.39 is 12.6 Å². The highest BCUT2D eigenvalue weighted by Crippen LogP contribution is 2.38. The van der Waals surface area contributed by atoms with Crippen LogP contribution < -0.4 is 0 Å². The predicted molar refractivity (Wildman–Crippen MR) is 118 cm³/mol. The number of carbonyl (C=O) groups is 3. The van der Waals surface area contributed by atoms with Gasteiger partial charge < -0.3 is 18.9 Å². The molecule has 0 atom stereocenters. The highest BCUT2D eigenvalue weighted by molar-refractivity contribution is 6.23. The van der Waals surface area contributed by atoms with Gasteiger partial charge in [-0.1, -0.05) is 24.3 Å². The molecule has 7 nitrogen and oxygen atoms in total. The van der Waals surface area contributed by atoms with Crippen LogP contribution in [0.3, 0.4) is 0 Å². The Bertz CT molecular complexity index is 920. The van der Waals surface area contributed by atoms with Crippen molar-refractivity contribution in [3.8, 4) is 11.1 Å². The van der Waals surface area contributed by atoms with Gasteiger partial charge in [-0.25, -0.2) is 0 Å². The number of ketones is 3. The number of fused-ring (bicyclic) bond motifs is 3. The van der Waals surface area contributed by atoms with Gasteiger partial charge in [-0.3, -0.25) is 14.4 Å². The molecule has 0 amide bonds. The van der Waals surface area contributed by atoms with Crippen molar-refractivity contribution in [2.75, 3.05) is 26.4 Å². The van der Waals surface area contributed by atoms with Crippen LogP contribution in [-0.2, 0) is 18.9 Å². The molecule has 7 heteroatoms. The fourth-order valence-electron chi connectivity index (χ4n) is 3.66. The summed E-state index contributed by atoms with van der Waals surface area (Å²) in [5.41, 5.74) is 2.93. The molecule has 0 heterocycles. The van der Waals surface area contributed by atoms with Gasteiger partial charge in [0.2, 0.25) is 24.1 Å². The van der Waals surface area contributed by atoms with Gasteiger partial charge in [0.1, 0.15) is 0 Å². The van der Waals surface area contributed by atoms with Gasteiger partial charge in [-0.2, -0.15) is 0 Å². The van der Waals surface area contributed by atoms with Crippen LogP contribution in [0.15, 0.2) is 36.4 Å². The van der Waals surface area contributed by atoms with Crippen molar-refractivity contribution in [2.45, 2.75) is 40.3 Å². The van der Waals surface area contributed by atoms with E-state index >= 15 is 0 Å². The molecule has 32 heavy (non-hydrogen) atoms. The topological polar surface area (TPSA) is 88.1 Å². The molecule has 3 rings (SSSR count). The zero-order valence-corrected chi connectivity index (χ0v) is 18.8. The third kappa shape index (κ3) is 4.71. The first kappa shape index (κ1) is 23.9. The monoisotopic (exact) mass is 440 g/mol. The van der Waals surface area contributed by atoms with Gasteiger partial charge in [0.15, 0.2) is 5.78 Å². The second kappa shape index (κ2) is 10.7. The van der Waals surface area contributed by atoms with Crippen molar-refractivity contribution in [1.82, 2.24) is 0 Å². The summed E-state index contributed by atoms with van der Waals surface area (Å²) in [7, 11) is 0. The Morgan fingerprint density at radius 1 is 0.625 bits per heavy atom. The molecule has 0 fully saturated rings. The molecule has 0 saturated carbocycles. The summed E-state index contributed by atoms with van der Waals surface area (Å²) in [5, 5.41) is 0. The highest BCUT2D eigenvalue weighted by atomic mass is 16.7. The lowest BCUT2D eigenvalue weighted by Gasteiger charge is -2.16. The number of carbonyl (C=O) groups excluding carboxylic acids is 3. The molecule has 0 radical (unpaired) electrons. The largest absolute Gasteiger partial charge is 0.346 e. The summed E-state index contributed by atoms with van der Waals surface area (Å²) in [6.07, 6.45) is -2.03. The van der Waals surface area contributed by atoms with Gasteiger partial charge in [-0.15, -0.1) is 0 Å². The normalized spacial score (nSPS) is 12.4. The van der Waals surface area contributed by atoms with Crippen LogP contribution in [0.1, 0.15) is 64.3 Å². The molecule has 0 N–H and O–H groups in total. The molecule has 1 aliphatic rings. The number of Topliss-reactive ketones (excluding diaryl/α,β-unsaturated/α-hetero) is 2. The number of hydrogen-bond donors (Lipinski definition) is 0. The fraction of sp³-hybridized carbons (Fsp3) is 0.400. The zero-order valence-electron chi connectivity index (χ0n) is 18.8. The lowest BCUT2D eigenvalue weighted by atomic mass is 10.00. The SMILES string of the molecule is CCOC(OCC)C(=O)c1ccc2c(c1)C(=O)c1cc(C(=O)C(OCC)OCC)ccc1-2. The fourth-order valence-corrected chi connectivity index (χ4v) is 3.66. The van der Waals surface area contributed by atoms with Crippen LogP contribution in [0.4, 0.5) is 0 Å². The first-order chi connectivity index (χ1) is 15.5. The minimum Gasteiger partial charge on any atom is -0.346 e. The molecule has 170 valence electrons. The predicted octanol–water partition coefficient (Wildman–Crippen LogP) is 4.06. The highest BCUT2D eigenvalue weighted by Gasteiger charge is 2.31. The van der Waals surface area contributed by atoms with Crippen molar-refractivity contribution in [2.24, 2.45) is 0 Å². The first-order valence-electron chi connectivity index (χ1n) is 10.8. The summed E-state index contributed by atoms with van der Waals surface area (Å²) in [6.45, 7) is 8.43. The number of benzene rings is 2. The Morgan fingerprint density at radius 2 is 0.969 bits per heavy atom. The maximum atomic E-state index is 13.1. The van der Waals surface area contributed by atoms with Crippen LogP contribution in [0.25, 0.3) is 11.1 Å². The van der Waals surface area contributed by atoms with Gasteiger partial charge in [-0.05, 0) is 51.0 Å². The minimum absolute atomic E-state index is 0.243. The quantitative estimate of drug-likeness (QED) is 0.310. The molecule has 0 saturated heterocycles. The Hall–Kier alpha value is -2.71. The maximum Gasteiger partial charge on any atom is 0.222 e. The van der Waals surface area contributed by atoms with Crippen LogP contribution in [0.5, 0.6) is 0 Å². The van der Waals surface area contributed by atoms with E-state index in [0.717, 1.165) is 11.1 Å². The van der Waals surface area contributed by atoms with E-state index in [1.807, 2.05) is 0 Å².